The van der Waals surface area contributed by atoms with Gasteiger partial charge in [-0.05, 0) is 29.8 Å². The van der Waals surface area contributed by atoms with Crippen molar-refractivity contribution in [1.29, 1.82) is 0 Å². The second kappa shape index (κ2) is 9.93. The molecule has 0 bridgehead atoms. The number of hydrogen-bond donors (Lipinski definition) is 2. The van der Waals surface area contributed by atoms with Crippen molar-refractivity contribution < 1.29 is 14.3 Å². The highest BCUT2D eigenvalue weighted by atomic mass is 16.5. The topological polar surface area (TPSA) is 87.1 Å². The molecular weight excluding hydrogens is 502 g/mol. The number of nitrogens with one attached hydrogen (secondary N) is 1. The highest BCUT2D eigenvalue weighted by Gasteiger charge is 2.41. The Morgan fingerprint density at radius 3 is 2.52 bits per heavy atom. The number of fused-ring (bicyclic) bond motifs is 4. The van der Waals surface area contributed by atoms with Crippen molar-refractivity contribution in [2.45, 2.75) is 25.3 Å². The lowest BCUT2D eigenvalue weighted by atomic mass is 9.70. The third-order valence-corrected chi connectivity index (χ3v) is 9.15. The van der Waals surface area contributed by atoms with E-state index in [0.29, 0.717) is 18.3 Å². The summed E-state index contributed by atoms with van der Waals surface area (Å²) in [4.78, 5) is 25.0. The van der Waals surface area contributed by atoms with E-state index in [9.17, 15) is 4.79 Å². The SMILES string of the molecule is CC1(C)c2cc(N3CCN(C4COC4)CC3)c(C#CCN3CCOCC3)cc2C(=O)c2c1[nH]c1cc(N)ccc21. The number of benzene rings is 2. The van der Waals surface area contributed by atoms with Crippen LogP contribution in [0.4, 0.5) is 11.4 Å². The van der Waals surface area contributed by atoms with Crippen LogP contribution in [-0.4, -0.2) is 98.8 Å². The molecule has 3 saturated heterocycles. The van der Waals surface area contributed by atoms with Crippen LogP contribution in [0.2, 0.25) is 0 Å². The van der Waals surface area contributed by atoms with Gasteiger partial charge in [-0.25, -0.2) is 0 Å². The number of anilines is 2. The lowest BCUT2D eigenvalue weighted by Crippen LogP contribution is -2.56. The van der Waals surface area contributed by atoms with Crippen LogP contribution in [0.25, 0.3) is 10.9 Å². The molecule has 2 aromatic carbocycles. The van der Waals surface area contributed by atoms with Gasteiger partial charge in [-0.2, -0.15) is 0 Å². The number of ketones is 1. The summed E-state index contributed by atoms with van der Waals surface area (Å²) in [5.74, 6) is 6.97. The van der Waals surface area contributed by atoms with E-state index in [1.807, 2.05) is 18.2 Å². The first-order valence-electron chi connectivity index (χ1n) is 14.4. The minimum absolute atomic E-state index is 0.0536. The Balaban J connectivity index is 1.29. The zero-order valence-corrected chi connectivity index (χ0v) is 23.4. The molecule has 8 nitrogen and oxygen atoms in total. The first-order valence-corrected chi connectivity index (χ1v) is 14.4. The standard InChI is InChI=1S/C32H37N5O3/c1-32(2)26-18-28(37-10-8-36(9-11-37)23-19-40-20-23)21(4-3-7-35-12-14-39-15-13-35)16-25(26)30(38)29-24-6-5-22(33)17-27(24)34-31(29)32/h5-6,16-18,23,34H,7-15,19-20,33H2,1-2H3. The van der Waals surface area contributed by atoms with Crippen molar-refractivity contribution in [1.82, 2.24) is 14.8 Å². The maximum Gasteiger partial charge on any atom is 0.195 e. The number of nitrogen functional groups attached to an aromatic ring is 1. The number of H-pyrrole nitrogens is 1. The molecule has 208 valence electrons. The highest BCUT2D eigenvalue weighted by Crippen LogP contribution is 2.45. The Kier molecular flexibility index (Phi) is 6.36. The van der Waals surface area contributed by atoms with Crippen molar-refractivity contribution in [2.24, 2.45) is 0 Å². The molecule has 0 atom stereocenters. The van der Waals surface area contributed by atoms with Crippen LogP contribution in [0.5, 0.6) is 0 Å². The molecule has 3 N–H and O–H groups in total. The smallest absolute Gasteiger partial charge is 0.195 e. The molecule has 1 aliphatic carbocycles. The highest BCUT2D eigenvalue weighted by molar-refractivity contribution is 6.20. The summed E-state index contributed by atoms with van der Waals surface area (Å²) in [7, 11) is 0. The predicted molar refractivity (Wildman–Crippen MR) is 157 cm³/mol. The first kappa shape index (κ1) is 25.6. The van der Waals surface area contributed by atoms with Gasteiger partial charge in [-0.3, -0.25) is 14.6 Å². The fourth-order valence-electron chi connectivity index (χ4n) is 6.61. The lowest BCUT2D eigenvalue weighted by Gasteiger charge is -2.43. The normalized spacial score (nSPS) is 21.4. The Morgan fingerprint density at radius 2 is 1.80 bits per heavy atom. The molecule has 0 spiro atoms. The first-order chi connectivity index (χ1) is 19.4. The van der Waals surface area contributed by atoms with Crippen LogP contribution in [-0.2, 0) is 14.9 Å². The van der Waals surface area contributed by atoms with Crippen LogP contribution in [0.1, 0.15) is 46.6 Å². The summed E-state index contributed by atoms with van der Waals surface area (Å²) in [6.45, 7) is 14.0. The van der Waals surface area contributed by atoms with Gasteiger partial charge in [0.05, 0.1) is 50.3 Å². The molecule has 4 aliphatic rings. The van der Waals surface area contributed by atoms with E-state index in [-0.39, 0.29) is 11.2 Å². The number of carbonyl (C=O) groups is 1. The molecule has 4 heterocycles. The summed E-state index contributed by atoms with van der Waals surface area (Å²) in [5.41, 5.74) is 12.9. The van der Waals surface area contributed by atoms with Crippen molar-refractivity contribution in [3.05, 3.63) is 58.3 Å². The second-order valence-corrected chi connectivity index (χ2v) is 12.0. The number of aromatic nitrogens is 1. The van der Waals surface area contributed by atoms with Gasteiger partial charge in [0, 0.05) is 78.1 Å². The zero-order valence-electron chi connectivity index (χ0n) is 23.4. The van der Waals surface area contributed by atoms with Crippen LogP contribution in [0.3, 0.4) is 0 Å². The molecule has 0 saturated carbocycles. The summed E-state index contributed by atoms with van der Waals surface area (Å²) in [6.07, 6.45) is 0. The van der Waals surface area contributed by atoms with E-state index >= 15 is 0 Å². The number of carbonyl (C=O) groups excluding carboxylic acids is 1. The minimum atomic E-state index is -0.383. The third kappa shape index (κ3) is 4.29. The van der Waals surface area contributed by atoms with E-state index in [1.54, 1.807) is 0 Å². The van der Waals surface area contributed by atoms with Gasteiger partial charge in [0.15, 0.2) is 5.78 Å². The van der Waals surface area contributed by atoms with Gasteiger partial charge in [0.25, 0.3) is 0 Å². The molecule has 40 heavy (non-hydrogen) atoms. The third-order valence-electron chi connectivity index (χ3n) is 9.15. The largest absolute Gasteiger partial charge is 0.399 e. The quantitative estimate of drug-likeness (QED) is 0.391. The molecule has 1 aromatic heterocycles. The van der Waals surface area contributed by atoms with Crippen LogP contribution < -0.4 is 10.6 Å². The molecule has 8 heteroatoms. The van der Waals surface area contributed by atoms with Crippen LogP contribution >= 0.6 is 0 Å². The molecule has 0 radical (unpaired) electrons. The Morgan fingerprint density at radius 1 is 1.02 bits per heavy atom. The summed E-state index contributed by atoms with van der Waals surface area (Å²) >= 11 is 0. The second-order valence-electron chi connectivity index (χ2n) is 12.0. The summed E-state index contributed by atoms with van der Waals surface area (Å²) in [6, 6.07) is 10.6. The van der Waals surface area contributed by atoms with E-state index in [2.05, 4.69) is 57.5 Å². The van der Waals surface area contributed by atoms with Gasteiger partial charge < -0.3 is 25.1 Å². The monoisotopic (exact) mass is 539 g/mol. The molecule has 0 unspecified atom stereocenters. The van der Waals surface area contributed by atoms with E-state index in [4.69, 9.17) is 15.2 Å². The van der Waals surface area contributed by atoms with Crippen LogP contribution in [0, 0.1) is 11.8 Å². The minimum Gasteiger partial charge on any atom is -0.399 e. The van der Waals surface area contributed by atoms with Gasteiger partial charge in [0.1, 0.15) is 0 Å². The number of piperazine rings is 1. The van der Waals surface area contributed by atoms with Crippen LogP contribution in [0.15, 0.2) is 30.3 Å². The number of nitrogens with two attached hydrogens (primary N) is 1. The van der Waals surface area contributed by atoms with Gasteiger partial charge in [-0.1, -0.05) is 31.8 Å². The number of ether oxygens (including phenoxy) is 2. The predicted octanol–water partition coefficient (Wildman–Crippen LogP) is 2.82. The fourth-order valence-corrected chi connectivity index (χ4v) is 6.61. The number of morpholine rings is 1. The number of nitrogens with zero attached hydrogens (tertiary/aromatic N) is 3. The molecule has 7 rings (SSSR count). The van der Waals surface area contributed by atoms with Crippen molar-refractivity contribution in [3.8, 4) is 11.8 Å². The number of aromatic amines is 1. The maximum absolute atomic E-state index is 14.1. The Bertz CT molecular complexity index is 1530. The number of rotatable bonds is 3. The van der Waals surface area contributed by atoms with E-state index < -0.39 is 0 Å². The summed E-state index contributed by atoms with van der Waals surface area (Å²) in [5, 5.41) is 0.924. The lowest BCUT2D eigenvalue weighted by molar-refractivity contribution is -0.0660. The average molecular weight is 540 g/mol. The van der Waals surface area contributed by atoms with Crippen molar-refractivity contribution >= 4 is 28.1 Å². The van der Waals surface area contributed by atoms with Gasteiger partial charge >= 0.3 is 0 Å². The average Bonchev–Trinajstić information content (AvgIpc) is 3.32. The fraction of sp³-hybridized carbons (Fsp3) is 0.469. The van der Waals surface area contributed by atoms with E-state index in [0.717, 1.165) is 110 Å². The summed E-state index contributed by atoms with van der Waals surface area (Å²) < 4.78 is 10.9. The maximum atomic E-state index is 14.1. The zero-order chi connectivity index (χ0) is 27.4. The number of hydrogen-bond acceptors (Lipinski definition) is 7. The van der Waals surface area contributed by atoms with Gasteiger partial charge in [0.2, 0.25) is 0 Å². The Hall–Kier alpha value is -3.35. The molecule has 3 fully saturated rings. The van der Waals surface area contributed by atoms with Crippen molar-refractivity contribution in [3.63, 3.8) is 0 Å². The molecule has 0 amide bonds. The van der Waals surface area contributed by atoms with Crippen molar-refractivity contribution in [2.75, 3.05) is 82.9 Å². The Labute approximate surface area is 235 Å². The molecule has 3 aromatic rings. The molecular formula is C32H37N5O3. The molecule has 3 aliphatic heterocycles. The van der Waals surface area contributed by atoms with Gasteiger partial charge in [-0.15, -0.1) is 0 Å². The van der Waals surface area contributed by atoms with E-state index in [1.165, 1.54) is 0 Å².